The van der Waals surface area contributed by atoms with Crippen molar-refractivity contribution < 1.29 is 4.74 Å². The molecule has 20 heavy (non-hydrogen) atoms. The van der Waals surface area contributed by atoms with Gasteiger partial charge in [-0.3, -0.25) is 0 Å². The van der Waals surface area contributed by atoms with Crippen LogP contribution in [0, 0.1) is 5.92 Å². The largest absolute Gasteiger partial charge is 0.369 e. The van der Waals surface area contributed by atoms with Crippen molar-refractivity contribution in [2.75, 3.05) is 6.54 Å². The minimum absolute atomic E-state index is 0.0211. The molecule has 0 aliphatic carbocycles. The van der Waals surface area contributed by atoms with Gasteiger partial charge >= 0.3 is 0 Å². The summed E-state index contributed by atoms with van der Waals surface area (Å²) in [5, 5.41) is 3.70. The lowest BCUT2D eigenvalue weighted by Crippen LogP contribution is -2.38. The van der Waals surface area contributed by atoms with Crippen molar-refractivity contribution in [3.8, 4) is 0 Å². The zero-order valence-corrected chi connectivity index (χ0v) is 14.6. The van der Waals surface area contributed by atoms with Crippen molar-refractivity contribution >= 4 is 11.3 Å². The molecule has 0 aromatic carbocycles. The molecule has 1 saturated heterocycles. The lowest BCUT2D eigenvalue weighted by Gasteiger charge is -2.33. The van der Waals surface area contributed by atoms with Crippen LogP contribution in [-0.4, -0.2) is 17.7 Å². The monoisotopic (exact) mass is 295 g/mol. The molecule has 2 rings (SSSR count). The molecule has 0 amide bonds. The van der Waals surface area contributed by atoms with E-state index in [0.717, 1.165) is 19.4 Å². The van der Waals surface area contributed by atoms with E-state index in [1.807, 2.05) is 11.3 Å². The summed E-state index contributed by atoms with van der Waals surface area (Å²) in [5.41, 5.74) is -0.0978. The molecule has 2 atom stereocenters. The van der Waals surface area contributed by atoms with E-state index in [9.17, 15) is 0 Å². The molecule has 2 heterocycles. The zero-order valence-electron chi connectivity index (χ0n) is 13.7. The molecule has 0 radical (unpaired) electrons. The van der Waals surface area contributed by atoms with Crippen LogP contribution in [-0.2, 0) is 11.2 Å². The fourth-order valence-corrected chi connectivity index (χ4v) is 4.63. The summed E-state index contributed by atoms with van der Waals surface area (Å²) in [6.45, 7) is 14.3. The van der Waals surface area contributed by atoms with Crippen molar-refractivity contribution in [1.29, 1.82) is 0 Å². The van der Waals surface area contributed by atoms with E-state index in [1.54, 1.807) is 0 Å². The molecule has 1 aromatic rings. The molecule has 1 aromatic heterocycles. The Morgan fingerprint density at radius 1 is 1.30 bits per heavy atom. The molecule has 0 saturated carbocycles. The predicted molar refractivity (Wildman–Crippen MR) is 87.5 cm³/mol. The molecule has 2 nitrogen and oxygen atoms in total. The second-order valence-corrected chi connectivity index (χ2v) is 8.17. The van der Waals surface area contributed by atoms with Gasteiger partial charge < -0.3 is 10.1 Å². The SMILES string of the molecule is CCNC(c1ccc(CC)s1)C1CC(C)(C)OC1(C)C. The Morgan fingerprint density at radius 3 is 2.45 bits per heavy atom. The molecule has 1 aliphatic rings. The highest BCUT2D eigenvalue weighted by Gasteiger charge is 2.49. The first-order chi connectivity index (χ1) is 9.29. The van der Waals surface area contributed by atoms with Crippen molar-refractivity contribution in [1.82, 2.24) is 5.32 Å². The van der Waals surface area contributed by atoms with Crippen LogP contribution >= 0.6 is 11.3 Å². The summed E-state index contributed by atoms with van der Waals surface area (Å²) in [4.78, 5) is 2.93. The van der Waals surface area contributed by atoms with E-state index in [4.69, 9.17) is 4.74 Å². The topological polar surface area (TPSA) is 21.3 Å². The van der Waals surface area contributed by atoms with Crippen LogP contribution < -0.4 is 5.32 Å². The van der Waals surface area contributed by atoms with Gasteiger partial charge in [0.05, 0.1) is 11.2 Å². The number of hydrogen-bond donors (Lipinski definition) is 1. The third kappa shape index (κ3) is 3.26. The lowest BCUT2D eigenvalue weighted by atomic mass is 9.81. The number of rotatable bonds is 5. The number of ether oxygens (including phenoxy) is 1. The Kier molecular flexibility index (Phi) is 4.63. The van der Waals surface area contributed by atoms with Crippen LogP contribution in [0.25, 0.3) is 0 Å². The van der Waals surface area contributed by atoms with E-state index < -0.39 is 0 Å². The first-order valence-electron chi connectivity index (χ1n) is 7.81. The Balaban J connectivity index is 2.28. The third-order valence-electron chi connectivity index (χ3n) is 4.31. The summed E-state index contributed by atoms with van der Waals surface area (Å²) < 4.78 is 6.30. The quantitative estimate of drug-likeness (QED) is 0.860. The third-order valence-corrected chi connectivity index (χ3v) is 5.62. The average molecular weight is 295 g/mol. The van der Waals surface area contributed by atoms with Gasteiger partial charge in [-0.15, -0.1) is 11.3 Å². The second kappa shape index (κ2) is 5.78. The molecule has 3 heteroatoms. The van der Waals surface area contributed by atoms with Gasteiger partial charge in [0.2, 0.25) is 0 Å². The minimum atomic E-state index is -0.0767. The first kappa shape index (κ1) is 16.0. The normalized spacial score (nSPS) is 25.8. The number of thiophene rings is 1. The van der Waals surface area contributed by atoms with Crippen molar-refractivity contribution in [3.63, 3.8) is 0 Å². The molecule has 1 fully saturated rings. The molecule has 1 N–H and O–H groups in total. The number of aryl methyl sites for hydroxylation is 1. The molecule has 114 valence electrons. The maximum atomic E-state index is 6.30. The van der Waals surface area contributed by atoms with Gasteiger partial charge in [0.25, 0.3) is 0 Å². The van der Waals surface area contributed by atoms with E-state index >= 15 is 0 Å². The minimum Gasteiger partial charge on any atom is -0.369 e. The Morgan fingerprint density at radius 2 is 2.00 bits per heavy atom. The highest BCUT2D eigenvalue weighted by Crippen LogP contribution is 2.48. The molecule has 2 unspecified atom stereocenters. The van der Waals surface area contributed by atoms with Crippen molar-refractivity contribution in [3.05, 3.63) is 21.9 Å². The van der Waals surface area contributed by atoms with E-state index in [0.29, 0.717) is 12.0 Å². The fraction of sp³-hybridized carbons (Fsp3) is 0.765. The lowest BCUT2D eigenvalue weighted by molar-refractivity contribution is -0.0777. The molecule has 0 bridgehead atoms. The van der Waals surface area contributed by atoms with E-state index in [-0.39, 0.29) is 11.2 Å². The standard InChI is InChI=1S/C17H29NOS/c1-7-12-9-10-14(20-12)15(18-8-2)13-11-16(3,4)19-17(13,5)6/h9-10,13,15,18H,7-8,11H2,1-6H3. The summed E-state index contributed by atoms with van der Waals surface area (Å²) in [6, 6.07) is 4.98. The van der Waals surface area contributed by atoms with Gasteiger partial charge in [-0.05, 0) is 59.2 Å². The van der Waals surface area contributed by atoms with Gasteiger partial charge in [-0.25, -0.2) is 0 Å². The average Bonchev–Trinajstić information content (AvgIpc) is 2.88. The zero-order chi connectivity index (χ0) is 15.0. The summed E-state index contributed by atoms with van der Waals surface area (Å²) in [5.74, 6) is 0.515. The van der Waals surface area contributed by atoms with Gasteiger partial charge in [0, 0.05) is 21.7 Å². The summed E-state index contributed by atoms with van der Waals surface area (Å²) in [7, 11) is 0. The van der Waals surface area contributed by atoms with Crippen LogP contribution in [0.4, 0.5) is 0 Å². The van der Waals surface area contributed by atoms with Crippen molar-refractivity contribution in [2.45, 2.75) is 71.6 Å². The van der Waals surface area contributed by atoms with E-state index in [1.165, 1.54) is 9.75 Å². The predicted octanol–water partition coefficient (Wildman–Crippen LogP) is 4.55. The molecule has 0 spiro atoms. The molecular formula is C17H29NOS. The molecule has 1 aliphatic heterocycles. The van der Waals surface area contributed by atoms with E-state index in [2.05, 4.69) is 59.0 Å². The Bertz CT molecular complexity index is 450. The fourth-order valence-electron chi connectivity index (χ4n) is 3.54. The van der Waals surface area contributed by atoms with Gasteiger partial charge in [0.15, 0.2) is 0 Å². The highest BCUT2D eigenvalue weighted by molar-refractivity contribution is 7.12. The summed E-state index contributed by atoms with van der Waals surface area (Å²) in [6.07, 6.45) is 2.23. The highest BCUT2D eigenvalue weighted by atomic mass is 32.1. The number of hydrogen-bond acceptors (Lipinski definition) is 3. The Labute approximate surface area is 127 Å². The van der Waals surface area contributed by atoms with Crippen LogP contribution in [0.2, 0.25) is 0 Å². The van der Waals surface area contributed by atoms with Gasteiger partial charge in [-0.2, -0.15) is 0 Å². The second-order valence-electron chi connectivity index (χ2n) is 6.97. The van der Waals surface area contributed by atoms with Gasteiger partial charge in [-0.1, -0.05) is 13.8 Å². The van der Waals surface area contributed by atoms with Crippen LogP contribution in [0.5, 0.6) is 0 Å². The number of nitrogens with one attached hydrogen (secondary N) is 1. The first-order valence-corrected chi connectivity index (χ1v) is 8.63. The molecular weight excluding hydrogens is 266 g/mol. The van der Waals surface area contributed by atoms with Crippen LogP contribution in [0.1, 0.15) is 63.8 Å². The van der Waals surface area contributed by atoms with Crippen molar-refractivity contribution in [2.24, 2.45) is 5.92 Å². The maximum absolute atomic E-state index is 6.30. The van der Waals surface area contributed by atoms with Crippen LogP contribution in [0.3, 0.4) is 0 Å². The smallest absolute Gasteiger partial charge is 0.0681 e. The Hall–Kier alpha value is -0.380. The van der Waals surface area contributed by atoms with Gasteiger partial charge in [0.1, 0.15) is 0 Å². The summed E-state index contributed by atoms with van der Waals surface area (Å²) >= 11 is 1.95. The maximum Gasteiger partial charge on any atom is 0.0681 e. The van der Waals surface area contributed by atoms with Crippen LogP contribution in [0.15, 0.2) is 12.1 Å².